The molecule has 0 N–H and O–H groups in total. The van der Waals surface area contributed by atoms with Crippen LogP contribution < -0.4 is 0 Å². The Kier molecular flexibility index (Phi) is 14.7. The van der Waals surface area contributed by atoms with Gasteiger partial charge in [-0.25, -0.2) is 8.78 Å². The highest BCUT2D eigenvalue weighted by molar-refractivity contribution is 5.75. The molecule has 2 aliphatic rings. The Labute approximate surface area is 233 Å². The van der Waals surface area contributed by atoms with E-state index < -0.39 is 11.6 Å². The fraction of sp³-hybridized carbons (Fsp3) is 0.722. The highest BCUT2D eigenvalue weighted by Crippen LogP contribution is 2.40. The minimum Gasteiger partial charge on any atom is -0.203 e. The minimum absolute atomic E-state index is 0.430. The number of aryl methyl sites for hydroxylation is 1. The largest absolute Gasteiger partial charge is 0.203 e. The summed E-state index contributed by atoms with van der Waals surface area (Å²) >= 11 is 0. The summed E-state index contributed by atoms with van der Waals surface area (Å²) in [5.74, 6) is 0.943. The second-order valence-electron chi connectivity index (χ2n) is 12.4. The van der Waals surface area contributed by atoms with Gasteiger partial charge in [0.15, 0.2) is 11.6 Å². The number of hydrogen-bond donors (Lipinski definition) is 0. The maximum Gasteiger partial charge on any atom is 0.166 e. The van der Waals surface area contributed by atoms with Crippen LogP contribution in [0, 0.1) is 29.4 Å². The number of halogens is 2. The van der Waals surface area contributed by atoms with Crippen LogP contribution in [0.4, 0.5) is 8.78 Å². The Morgan fingerprint density at radius 2 is 1.29 bits per heavy atom. The summed E-state index contributed by atoms with van der Waals surface area (Å²) in [5.41, 5.74) is 1.82. The van der Waals surface area contributed by atoms with E-state index in [9.17, 15) is 4.39 Å². The maximum atomic E-state index is 15.0. The molecule has 0 aromatic heterocycles. The maximum absolute atomic E-state index is 15.0. The smallest absolute Gasteiger partial charge is 0.166 e. The van der Waals surface area contributed by atoms with Crippen LogP contribution in [0.15, 0.2) is 30.4 Å². The van der Waals surface area contributed by atoms with Crippen molar-refractivity contribution in [2.45, 2.75) is 149 Å². The summed E-state index contributed by atoms with van der Waals surface area (Å²) in [6, 6.07) is 3.63. The topological polar surface area (TPSA) is 0 Å². The number of hydrogen-bond acceptors (Lipinski definition) is 0. The first-order valence-electron chi connectivity index (χ1n) is 16.5. The van der Waals surface area contributed by atoms with Crippen LogP contribution in [0.5, 0.6) is 0 Å². The molecule has 0 bridgehead atoms. The summed E-state index contributed by atoms with van der Waals surface area (Å²) in [4.78, 5) is 0. The quantitative estimate of drug-likeness (QED) is 0.167. The highest BCUT2D eigenvalue weighted by atomic mass is 19.2. The number of allylic oxidation sites excluding steroid dienone is 4. The molecule has 1 atom stereocenters. The van der Waals surface area contributed by atoms with Crippen molar-refractivity contribution < 1.29 is 8.78 Å². The lowest BCUT2D eigenvalue weighted by Gasteiger charge is -2.33. The first kappa shape index (κ1) is 31.1. The molecule has 1 unspecified atom stereocenters. The fourth-order valence-electron chi connectivity index (χ4n) is 6.76. The van der Waals surface area contributed by atoms with Crippen molar-refractivity contribution in [3.63, 3.8) is 0 Å². The van der Waals surface area contributed by atoms with E-state index in [0.717, 1.165) is 36.7 Å². The van der Waals surface area contributed by atoms with Gasteiger partial charge in [0, 0.05) is 5.56 Å². The monoisotopic (exact) mass is 526 g/mol. The summed E-state index contributed by atoms with van der Waals surface area (Å²) in [6.07, 6.45) is 33.0. The van der Waals surface area contributed by atoms with Crippen LogP contribution in [0.1, 0.15) is 153 Å². The van der Waals surface area contributed by atoms with E-state index in [1.54, 1.807) is 0 Å². The van der Waals surface area contributed by atoms with Gasteiger partial charge in [0.1, 0.15) is 0 Å². The fourth-order valence-corrected chi connectivity index (χ4v) is 6.76. The molecular weight excluding hydrogens is 470 g/mol. The molecule has 3 rings (SSSR count). The summed E-state index contributed by atoms with van der Waals surface area (Å²) < 4.78 is 29.9. The highest BCUT2D eigenvalue weighted by Gasteiger charge is 2.27. The molecule has 1 aromatic rings. The third-order valence-corrected chi connectivity index (χ3v) is 9.37. The van der Waals surface area contributed by atoms with Gasteiger partial charge in [0.25, 0.3) is 0 Å². The SMILES string of the molecule is CCCCCCCCCCc1ccc(C2=CCC([C@H]3CC[C@H](CCCCCCCC)CC3)C=C2)c(F)c1F. The predicted octanol–water partition coefficient (Wildman–Crippen LogP) is 12.2. The van der Waals surface area contributed by atoms with Crippen molar-refractivity contribution >= 4 is 5.57 Å². The van der Waals surface area contributed by atoms with Gasteiger partial charge in [-0.1, -0.05) is 147 Å². The van der Waals surface area contributed by atoms with Crippen molar-refractivity contribution in [2.75, 3.05) is 0 Å². The number of benzene rings is 1. The van der Waals surface area contributed by atoms with Crippen molar-refractivity contribution in [1.29, 1.82) is 0 Å². The van der Waals surface area contributed by atoms with Crippen molar-refractivity contribution in [1.82, 2.24) is 0 Å². The second kappa shape index (κ2) is 18.0. The molecule has 2 aliphatic carbocycles. The van der Waals surface area contributed by atoms with Crippen molar-refractivity contribution in [3.05, 3.63) is 53.1 Å². The Morgan fingerprint density at radius 1 is 0.684 bits per heavy atom. The number of rotatable bonds is 18. The van der Waals surface area contributed by atoms with Gasteiger partial charge in [0.2, 0.25) is 0 Å². The van der Waals surface area contributed by atoms with Gasteiger partial charge in [-0.2, -0.15) is 0 Å². The van der Waals surface area contributed by atoms with Crippen LogP contribution >= 0.6 is 0 Å². The Bertz CT molecular complexity index is 843. The molecule has 1 saturated carbocycles. The first-order valence-corrected chi connectivity index (χ1v) is 16.5. The van der Waals surface area contributed by atoms with Gasteiger partial charge in [-0.15, -0.1) is 0 Å². The lowest BCUT2D eigenvalue weighted by atomic mass is 9.72. The van der Waals surface area contributed by atoms with Crippen molar-refractivity contribution in [2.24, 2.45) is 17.8 Å². The predicted molar refractivity (Wildman–Crippen MR) is 161 cm³/mol. The average Bonchev–Trinajstić information content (AvgIpc) is 2.95. The molecule has 1 fully saturated rings. The van der Waals surface area contributed by atoms with E-state index in [1.165, 1.54) is 109 Å². The minimum atomic E-state index is -0.661. The lowest BCUT2D eigenvalue weighted by Crippen LogP contribution is -2.21. The summed E-state index contributed by atoms with van der Waals surface area (Å²) in [6.45, 7) is 4.52. The summed E-state index contributed by atoms with van der Waals surface area (Å²) in [7, 11) is 0. The zero-order valence-electron chi connectivity index (χ0n) is 24.7. The molecule has 0 nitrogen and oxygen atoms in total. The zero-order valence-corrected chi connectivity index (χ0v) is 24.7. The van der Waals surface area contributed by atoms with Crippen LogP contribution in [-0.2, 0) is 6.42 Å². The molecule has 1 aromatic carbocycles. The van der Waals surface area contributed by atoms with E-state index in [0.29, 0.717) is 23.5 Å². The standard InChI is InChI=1S/C36H56F2/c1-3-5-7-9-11-12-14-16-18-33-27-28-34(36(38)35(33)37)32-25-23-31(24-26-32)30-21-19-29(20-22-30)17-15-13-10-8-6-4-2/h23,25-31H,3-22,24H2,1-2H3/t29-,30-,31?. The van der Waals surface area contributed by atoms with Gasteiger partial charge in [-0.3, -0.25) is 0 Å². The average molecular weight is 527 g/mol. The molecule has 0 heterocycles. The van der Waals surface area contributed by atoms with E-state index in [1.807, 2.05) is 12.1 Å². The molecule has 0 amide bonds. The first-order chi connectivity index (χ1) is 18.6. The van der Waals surface area contributed by atoms with E-state index in [-0.39, 0.29) is 0 Å². The van der Waals surface area contributed by atoms with E-state index in [4.69, 9.17) is 0 Å². The molecule has 38 heavy (non-hydrogen) atoms. The molecule has 2 heteroatoms. The van der Waals surface area contributed by atoms with E-state index in [2.05, 4.69) is 32.1 Å². The Hall–Kier alpha value is -1.44. The Balaban J connectivity index is 1.38. The number of unbranched alkanes of at least 4 members (excludes halogenated alkanes) is 12. The van der Waals surface area contributed by atoms with Gasteiger partial charge >= 0.3 is 0 Å². The van der Waals surface area contributed by atoms with Gasteiger partial charge < -0.3 is 0 Å². The van der Waals surface area contributed by atoms with Crippen LogP contribution in [0.25, 0.3) is 5.57 Å². The molecule has 0 saturated heterocycles. The normalized spacial score (nSPS) is 21.6. The molecular formula is C36H56F2. The van der Waals surface area contributed by atoms with Gasteiger partial charge in [-0.05, 0) is 61.0 Å². The molecule has 0 aliphatic heterocycles. The molecule has 0 radical (unpaired) electrons. The van der Waals surface area contributed by atoms with Crippen LogP contribution in [-0.4, -0.2) is 0 Å². The zero-order chi connectivity index (χ0) is 27.0. The van der Waals surface area contributed by atoms with E-state index >= 15 is 4.39 Å². The van der Waals surface area contributed by atoms with Crippen molar-refractivity contribution in [3.8, 4) is 0 Å². The lowest BCUT2D eigenvalue weighted by molar-refractivity contribution is 0.218. The molecule has 0 spiro atoms. The molecule has 214 valence electrons. The van der Waals surface area contributed by atoms with Crippen LogP contribution in [0.2, 0.25) is 0 Å². The third-order valence-electron chi connectivity index (χ3n) is 9.37. The summed E-state index contributed by atoms with van der Waals surface area (Å²) in [5, 5.41) is 0. The third kappa shape index (κ3) is 10.3. The Morgan fingerprint density at radius 3 is 1.89 bits per heavy atom. The van der Waals surface area contributed by atoms with Gasteiger partial charge in [0.05, 0.1) is 0 Å². The second-order valence-corrected chi connectivity index (χ2v) is 12.4. The van der Waals surface area contributed by atoms with Crippen LogP contribution in [0.3, 0.4) is 0 Å².